The van der Waals surface area contributed by atoms with Gasteiger partial charge in [0.2, 0.25) is 0 Å². The Morgan fingerprint density at radius 3 is 2.60 bits per heavy atom. The molecule has 2 heteroatoms. The van der Waals surface area contributed by atoms with Crippen LogP contribution in [0, 0.1) is 0 Å². The maximum Gasteiger partial charge on any atom is 0.194 e. The van der Waals surface area contributed by atoms with Gasteiger partial charge in [0.15, 0.2) is 11.6 Å². The molecule has 20 heavy (non-hydrogen) atoms. The highest BCUT2D eigenvalue weighted by Gasteiger charge is 2.27. The van der Waals surface area contributed by atoms with Crippen LogP contribution in [-0.4, -0.2) is 11.6 Å². The van der Waals surface area contributed by atoms with Crippen molar-refractivity contribution in [3.8, 4) is 0 Å². The van der Waals surface area contributed by atoms with E-state index in [1.54, 1.807) is 6.07 Å². The van der Waals surface area contributed by atoms with Gasteiger partial charge in [-0.2, -0.15) is 0 Å². The van der Waals surface area contributed by atoms with Crippen molar-refractivity contribution in [1.29, 1.82) is 0 Å². The Morgan fingerprint density at radius 1 is 1.05 bits per heavy atom. The maximum absolute atomic E-state index is 12.7. The van der Waals surface area contributed by atoms with E-state index >= 15 is 0 Å². The van der Waals surface area contributed by atoms with Crippen LogP contribution in [0.1, 0.15) is 57.2 Å². The molecule has 0 unspecified atom stereocenters. The van der Waals surface area contributed by atoms with E-state index in [4.69, 9.17) is 0 Å². The highest BCUT2D eigenvalue weighted by Crippen LogP contribution is 2.29. The Bertz CT molecular complexity index is 698. The van der Waals surface area contributed by atoms with Crippen LogP contribution in [0.15, 0.2) is 42.5 Å². The second-order valence-electron chi connectivity index (χ2n) is 5.18. The van der Waals surface area contributed by atoms with Crippen LogP contribution in [0.4, 0.5) is 0 Å². The molecule has 0 amide bonds. The summed E-state index contributed by atoms with van der Waals surface area (Å²) >= 11 is 0. The van der Waals surface area contributed by atoms with Gasteiger partial charge in [0.25, 0.3) is 0 Å². The Hall–Kier alpha value is -2.22. The summed E-state index contributed by atoms with van der Waals surface area (Å²) in [5, 5.41) is 0. The number of benzene rings is 2. The lowest BCUT2D eigenvalue weighted by atomic mass is 9.81. The number of carbonyl (C=O) groups excluding carboxylic acids is 2. The minimum absolute atomic E-state index is 0.0121. The van der Waals surface area contributed by atoms with Crippen LogP contribution in [0.5, 0.6) is 0 Å². The predicted octanol–water partition coefficient (Wildman–Crippen LogP) is 3.80. The van der Waals surface area contributed by atoms with E-state index < -0.39 is 0 Å². The molecule has 100 valence electrons. The molecule has 0 radical (unpaired) electrons. The fourth-order valence-electron chi connectivity index (χ4n) is 2.85. The molecule has 0 aliphatic heterocycles. The molecule has 1 aliphatic carbocycles. The molecule has 2 aromatic rings. The summed E-state index contributed by atoms with van der Waals surface area (Å²) in [4.78, 5) is 24.9. The number of ketones is 2. The number of carbonyl (C=O) groups is 2. The van der Waals surface area contributed by atoms with Crippen molar-refractivity contribution in [2.75, 3.05) is 0 Å². The molecule has 0 saturated heterocycles. The molecule has 2 nitrogen and oxygen atoms in total. The fraction of sp³-hybridized carbons (Fsp3) is 0.222. The van der Waals surface area contributed by atoms with Crippen molar-refractivity contribution < 1.29 is 9.59 Å². The molecule has 0 aromatic heterocycles. The third kappa shape index (κ3) is 1.97. The van der Waals surface area contributed by atoms with E-state index in [-0.39, 0.29) is 11.6 Å². The number of hydrogen-bond acceptors (Lipinski definition) is 2. The average Bonchev–Trinajstić information content (AvgIpc) is 2.47. The molecule has 0 atom stereocenters. The third-order valence-corrected chi connectivity index (χ3v) is 3.80. The summed E-state index contributed by atoms with van der Waals surface area (Å²) < 4.78 is 0. The van der Waals surface area contributed by atoms with E-state index in [2.05, 4.69) is 0 Å². The average molecular weight is 264 g/mol. The number of rotatable bonds is 3. The predicted molar refractivity (Wildman–Crippen MR) is 78.4 cm³/mol. The monoisotopic (exact) mass is 264 g/mol. The second kappa shape index (κ2) is 5.04. The highest BCUT2D eigenvalue weighted by molar-refractivity contribution is 6.18. The van der Waals surface area contributed by atoms with Gasteiger partial charge < -0.3 is 0 Å². The van der Waals surface area contributed by atoms with Gasteiger partial charge in [0.1, 0.15) is 0 Å². The Balaban J connectivity index is 2.14. The molecule has 1 aliphatic rings. The summed E-state index contributed by atoms with van der Waals surface area (Å²) in [6, 6.07) is 13.3. The molecule has 3 rings (SSSR count). The van der Waals surface area contributed by atoms with Crippen molar-refractivity contribution in [1.82, 2.24) is 0 Å². The van der Waals surface area contributed by atoms with Gasteiger partial charge in [-0.05, 0) is 24.0 Å². The SMILES string of the molecule is CCCC(=O)c1cccc2c1C(=O)c1ccccc1C2. The topological polar surface area (TPSA) is 34.1 Å². The lowest BCUT2D eigenvalue weighted by molar-refractivity contribution is 0.0965. The Kier molecular flexibility index (Phi) is 3.23. The van der Waals surface area contributed by atoms with Crippen LogP contribution in [-0.2, 0) is 6.42 Å². The molecule has 0 fully saturated rings. The quantitative estimate of drug-likeness (QED) is 0.674. The first kappa shape index (κ1) is 12.8. The van der Waals surface area contributed by atoms with Crippen LogP contribution in [0.2, 0.25) is 0 Å². The molecule has 2 aromatic carbocycles. The number of hydrogen-bond donors (Lipinski definition) is 0. The molecular formula is C18H16O2. The molecular weight excluding hydrogens is 248 g/mol. The lowest BCUT2D eigenvalue weighted by Crippen LogP contribution is -2.19. The smallest absolute Gasteiger partial charge is 0.194 e. The fourth-order valence-corrected chi connectivity index (χ4v) is 2.85. The summed E-state index contributed by atoms with van der Waals surface area (Å²) in [5.74, 6) is 0.0546. The molecule has 0 heterocycles. The third-order valence-electron chi connectivity index (χ3n) is 3.80. The largest absolute Gasteiger partial charge is 0.294 e. The van der Waals surface area contributed by atoms with Gasteiger partial charge in [-0.3, -0.25) is 9.59 Å². The van der Waals surface area contributed by atoms with Crippen molar-refractivity contribution in [2.45, 2.75) is 26.2 Å². The number of Topliss-reactive ketones (excluding diaryl/α,β-unsaturated/α-hetero) is 1. The van der Waals surface area contributed by atoms with Gasteiger partial charge in [-0.25, -0.2) is 0 Å². The zero-order chi connectivity index (χ0) is 14.1. The molecule has 0 spiro atoms. The Morgan fingerprint density at radius 2 is 1.80 bits per heavy atom. The van der Waals surface area contributed by atoms with Gasteiger partial charge in [-0.1, -0.05) is 49.4 Å². The minimum Gasteiger partial charge on any atom is -0.294 e. The lowest BCUT2D eigenvalue weighted by Gasteiger charge is -2.20. The van der Waals surface area contributed by atoms with Crippen molar-refractivity contribution in [3.63, 3.8) is 0 Å². The zero-order valence-electron chi connectivity index (χ0n) is 11.5. The van der Waals surface area contributed by atoms with Crippen molar-refractivity contribution in [3.05, 3.63) is 70.3 Å². The standard InChI is InChI=1S/C18H16O2/c1-2-6-16(19)15-10-5-8-13-11-12-7-3-4-9-14(12)18(20)17(13)15/h3-5,7-10H,2,6,11H2,1H3. The normalized spacial score (nSPS) is 12.8. The minimum atomic E-state index is -0.0121. The molecule has 0 N–H and O–H groups in total. The van der Waals surface area contributed by atoms with Crippen molar-refractivity contribution in [2.24, 2.45) is 0 Å². The molecule has 0 saturated carbocycles. The zero-order valence-corrected chi connectivity index (χ0v) is 11.5. The van der Waals surface area contributed by atoms with Gasteiger partial charge >= 0.3 is 0 Å². The van der Waals surface area contributed by atoms with Crippen LogP contribution in [0.3, 0.4) is 0 Å². The van der Waals surface area contributed by atoms with E-state index in [9.17, 15) is 9.59 Å². The Labute approximate surface area is 118 Å². The first-order valence-corrected chi connectivity index (χ1v) is 7.00. The van der Waals surface area contributed by atoms with Crippen LogP contribution >= 0.6 is 0 Å². The number of fused-ring (bicyclic) bond motifs is 2. The summed E-state index contributed by atoms with van der Waals surface area (Å²) in [6.07, 6.45) is 2.02. The van der Waals surface area contributed by atoms with Gasteiger partial charge in [0, 0.05) is 23.1 Å². The van der Waals surface area contributed by atoms with E-state index in [1.165, 1.54) is 0 Å². The first-order valence-electron chi connectivity index (χ1n) is 7.00. The second-order valence-corrected chi connectivity index (χ2v) is 5.18. The van der Waals surface area contributed by atoms with Crippen LogP contribution < -0.4 is 0 Å². The maximum atomic E-state index is 12.7. The summed E-state index contributed by atoms with van der Waals surface area (Å²) in [5.41, 5.74) is 3.95. The first-order chi connectivity index (χ1) is 9.72. The van der Waals surface area contributed by atoms with Gasteiger partial charge in [-0.15, -0.1) is 0 Å². The summed E-state index contributed by atoms with van der Waals surface area (Å²) in [6.45, 7) is 1.98. The van der Waals surface area contributed by atoms with Gasteiger partial charge in [0.05, 0.1) is 0 Å². The molecule has 0 bridgehead atoms. The van der Waals surface area contributed by atoms with E-state index in [0.29, 0.717) is 17.5 Å². The summed E-state index contributed by atoms with van der Waals surface area (Å²) in [7, 11) is 0. The van der Waals surface area contributed by atoms with E-state index in [0.717, 1.165) is 29.5 Å². The van der Waals surface area contributed by atoms with Crippen LogP contribution in [0.25, 0.3) is 0 Å². The highest BCUT2D eigenvalue weighted by atomic mass is 16.1. The van der Waals surface area contributed by atoms with E-state index in [1.807, 2.05) is 43.3 Å². The van der Waals surface area contributed by atoms with Crippen molar-refractivity contribution >= 4 is 11.6 Å².